The number of para-hydroxylation sites is 1. The van der Waals surface area contributed by atoms with Crippen LogP contribution in [0.2, 0.25) is 0 Å². The second-order valence-electron chi connectivity index (χ2n) is 10.1. The molecule has 1 saturated carbocycles. The van der Waals surface area contributed by atoms with Crippen LogP contribution in [-0.2, 0) is 4.79 Å². The number of pyridine rings is 1. The molecule has 4 heteroatoms. The van der Waals surface area contributed by atoms with Gasteiger partial charge in [-0.2, -0.15) is 0 Å². The zero-order valence-corrected chi connectivity index (χ0v) is 18.9. The molecule has 2 aliphatic heterocycles. The monoisotopic (exact) mass is 438 g/mol. The van der Waals surface area contributed by atoms with Crippen molar-refractivity contribution >= 4 is 12.1 Å². The van der Waals surface area contributed by atoms with Crippen molar-refractivity contribution in [1.82, 2.24) is 4.98 Å². The van der Waals surface area contributed by atoms with Crippen LogP contribution in [-0.4, -0.2) is 31.0 Å². The lowest BCUT2D eigenvalue weighted by Gasteiger charge is -2.51. The van der Waals surface area contributed by atoms with E-state index < -0.39 is 0 Å². The highest BCUT2D eigenvalue weighted by molar-refractivity contribution is 5.56. The van der Waals surface area contributed by atoms with Gasteiger partial charge in [0.15, 0.2) is 0 Å². The summed E-state index contributed by atoms with van der Waals surface area (Å²) in [7, 11) is 0. The number of aromatic nitrogens is 1. The quantitative estimate of drug-likeness (QED) is 0.499. The molecular weight excluding hydrogens is 408 g/mol. The van der Waals surface area contributed by atoms with E-state index in [1.165, 1.54) is 29.5 Å². The van der Waals surface area contributed by atoms with Gasteiger partial charge in [0.2, 0.25) is 0 Å². The number of ether oxygens (including phenoxy) is 1. The largest absolute Gasteiger partial charge is 0.493 e. The number of benzene rings is 2. The maximum Gasteiger partial charge on any atom is 0.128 e. The Balaban J connectivity index is 1.24. The molecule has 33 heavy (non-hydrogen) atoms. The van der Waals surface area contributed by atoms with Gasteiger partial charge < -0.3 is 14.4 Å². The van der Waals surface area contributed by atoms with Crippen molar-refractivity contribution in [1.29, 1.82) is 0 Å². The number of carbonyl (C=O) groups excluding carboxylic acids is 1. The first kappa shape index (κ1) is 20.5. The molecule has 1 aliphatic carbocycles. The Kier molecular flexibility index (Phi) is 5.17. The minimum atomic E-state index is 0.221. The summed E-state index contributed by atoms with van der Waals surface area (Å²) < 4.78 is 6.16. The van der Waals surface area contributed by atoms with Gasteiger partial charge in [0.25, 0.3) is 0 Å². The Hall–Kier alpha value is -3.14. The van der Waals surface area contributed by atoms with Gasteiger partial charge in [-0.3, -0.25) is 0 Å². The van der Waals surface area contributed by atoms with E-state index in [4.69, 9.17) is 9.72 Å². The second kappa shape index (κ2) is 8.33. The van der Waals surface area contributed by atoms with Crippen LogP contribution in [0.1, 0.15) is 54.2 Å². The summed E-state index contributed by atoms with van der Waals surface area (Å²) in [4.78, 5) is 18.4. The number of anilines is 1. The number of hydrogen-bond donors (Lipinski definition) is 0. The molecule has 2 aromatic carbocycles. The highest BCUT2D eigenvalue weighted by Gasteiger charge is 2.45. The number of nitrogens with zero attached hydrogens (tertiary/aromatic N) is 2. The number of rotatable bonds is 4. The molecule has 1 spiro atoms. The molecular formula is C29H30N2O2. The molecule has 0 radical (unpaired) electrons. The average Bonchev–Trinajstić information content (AvgIpc) is 2.87. The van der Waals surface area contributed by atoms with Gasteiger partial charge in [-0.05, 0) is 54.4 Å². The Bertz CT molecular complexity index is 1110. The number of hydrogen-bond acceptors (Lipinski definition) is 4. The van der Waals surface area contributed by atoms with E-state index in [0.717, 1.165) is 43.8 Å². The van der Waals surface area contributed by atoms with Crippen LogP contribution in [0.15, 0.2) is 72.9 Å². The van der Waals surface area contributed by atoms with Crippen LogP contribution in [0.3, 0.4) is 0 Å². The lowest BCUT2D eigenvalue weighted by atomic mass is 9.58. The third-order valence-electron chi connectivity index (χ3n) is 8.16. The van der Waals surface area contributed by atoms with Crippen molar-refractivity contribution in [3.63, 3.8) is 0 Å². The van der Waals surface area contributed by atoms with Crippen LogP contribution < -0.4 is 9.64 Å². The van der Waals surface area contributed by atoms with Crippen LogP contribution in [0.4, 0.5) is 5.82 Å². The molecule has 3 aliphatic rings. The van der Waals surface area contributed by atoms with Crippen molar-refractivity contribution in [3.8, 4) is 5.75 Å². The van der Waals surface area contributed by atoms with E-state index in [0.29, 0.717) is 17.9 Å². The zero-order chi connectivity index (χ0) is 22.3. The lowest BCUT2D eigenvalue weighted by Crippen LogP contribution is -2.47. The van der Waals surface area contributed by atoms with E-state index in [1.54, 1.807) is 0 Å². The SMILES string of the molecule is O=CC1CC2(CCN(c3ccc(C4c5ccccc5OCC4c4ccccc4)cn3)CC2)C1. The number of aldehydes is 1. The van der Waals surface area contributed by atoms with Gasteiger partial charge in [-0.1, -0.05) is 54.6 Å². The molecule has 2 unspecified atom stereocenters. The molecule has 1 aromatic heterocycles. The molecule has 3 aromatic rings. The standard InChI is InChI=1S/C29H30N2O2/c32-19-21-16-29(17-21)12-14-31(15-13-29)27-11-10-23(18-30-27)28-24-8-4-5-9-26(24)33-20-25(28)22-6-2-1-3-7-22/h1-11,18-19,21,25,28H,12-17,20H2. The summed E-state index contributed by atoms with van der Waals surface area (Å²) in [5.74, 6) is 2.83. The minimum absolute atomic E-state index is 0.221. The van der Waals surface area contributed by atoms with Gasteiger partial charge in [0.05, 0.1) is 6.61 Å². The topological polar surface area (TPSA) is 42.4 Å². The maximum atomic E-state index is 11.0. The van der Waals surface area contributed by atoms with Gasteiger partial charge in [0, 0.05) is 42.6 Å². The van der Waals surface area contributed by atoms with Crippen molar-refractivity contribution in [2.45, 2.75) is 37.5 Å². The third-order valence-corrected chi connectivity index (χ3v) is 8.16. The van der Waals surface area contributed by atoms with Crippen LogP contribution in [0, 0.1) is 11.3 Å². The van der Waals surface area contributed by atoms with E-state index in [2.05, 4.69) is 71.8 Å². The van der Waals surface area contributed by atoms with Gasteiger partial charge in [-0.25, -0.2) is 4.98 Å². The zero-order valence-electron chi connectivity index (χ0n) is 18.9. The smallest absolute Gasteiger partial charge is 0.128 e. The summed E-state index contributed by atoms with van der Waals surface area (Å²) in [6.45, 7) is 2.73. The minimum Gasteiger partial charge on any atom is -0.493 e. The molecule has 3 heterocycles. The van der Waals surface area contributed by atoms with Gasteiger partial charge >= 0.3 is 0 Å². The van der Waals surface area contributed by atoms with Crippen LogP contribution in [0.25, 0.3) is 0 Å². The molecule has 6 rings (SSSR count). The van der Waals surface area contributed by atoms with Crippen molar-refractivity contribution < 1.29 is 9.53 Å². The van der Waals surface area contributed by atoms with Crippen LogP contribution in [0.5, 0.6) is 5.75 Å². The Morgan fingerprint density at radius 1 is 0.909 bits per heavy atom. The van der Waals surface area contributed by atoms with Gasteiger partial charge in [0.1, 0.15) is 17.9 Å². The number of piperidine rings is 1. The van der Waals surface area contributed by atoms with Crippen molar-refractivity contribution in [2.75, 3.05) is 24.6 Å². The van der Waals surface area contributed by atoms with Crippen molar-refractivity contribution in [3.05, 3.63) is 89.6 Å². The lowest BCUT2D eigenvalue weighted by molar-refractivity contribution is -0.118. The van der Waals surface area contributed by atoms with Crippen LogP contribution >= 0.6 is 0 Å². The molecule has 0 N–H and O–H groups in total. The summed E-state index contributed by atoms with van der Waals surface area (Å²) in [5, 5.41) is 0. The van der Waals surface area contributed by atoms with Gasteiger partial charge in [-0.15, -0.1) is 0 Å². The molecule has 2 fully saturated rings. The van der Waals surface area contributed by atoms with E-state index in [-0.39, 0.29) is 11.8 Å². The fourth-order valence-electron chi connectivity index (χ4n) is 6.30. The molecule has 0 amide bonds. The average molecular weight is 439 g/mol. The first-order valence-electron chi connectivity index (χ1n) is 12.2. The Labute approximate surface area is 195 Å². The highest BCUT2D eigenvalue weighted by atomic mass is 16.5. The number of carbonyl (C=O) groups is 1. The maximum absolute atomic E-state index is 11.0. The second-order valence-corrected chi connectivity index (χ2v) is 10.1. The highest BCUT2D eigenvalue weighted by Crippen LogP contribution is 2.52. The molecule has 0 bridgehead atoms. The summed E-state index contributed by atoms with van der Waals surface area (Å²) in [6.07, 6.45) is 7.74. The molecule has 4 nitrogen and oxygen atoms in total. The molecule has 1 saturated heterocycles. The van der Waals surface area contributed by atoms with E-state index in [1.807, 2.05) is 6.07 Å². The molecule has 2 atom stereocenters. The Morgan fingerprint density at radius 2 is 1.67 bits per heavy atom. The summed E-state index contributed by atoms with van der Waals surface area (Å²) >= 11 is 0. The van der Waals surface area contributed by atoms with E-state index in [9.17, 15) is 4.79 Å². The van der Waals surface area contributed by atoms with Crippen molar-refractivity contribution in [2.24, 2.45) is 11.3 Å². The Morgan fingerprint density at radius 3 is 2.39 bits per heavy atom. The molecule has 168 valence electrons. The predicted octanol–water partition coefficient (Wildman–Crippen LogP) is 5.59. The summed E-state index contributed by atoms with van der Waals surface area (Å²) in [5.41, 5.74) is 4.19. The summed E-state index contributed by atoms with van der Waals surface area (Å²) in [6, 6.07) is 23.6. The third kappa shape index (κ3) is 3.72. The fraction of sp³-hybridized carbons (Fsp3) is 0.379. The predicted molar refractivity (Wildman–Crippen MR) is 130 cm³/mol. The van der Waals surface area contributed by atoms with E-state index >= 15 is 0 Å². The number of fused-ring (bicyclic) bond motifs is 1. The fourth-order valence-corrected chi connectivity index (χ4v) is 6.30. The first-order chi connectivity index (χ1) is 16.2. The normalized spacial score (nSPS) is 23.9. The first-order valence-corrected chi connectivity index (χ1v) is 12.2.